The molecule has 1 unspecified atom stereocenters. The van der Waals surface area contributed by atoms with E-state index < -0.39 is 17.6 Å². The van der Waals surface area contributed by atoms with Crippen molar-refractivity contribution in [3.63, 3.8) is 0 Å². The molecule has 1 aliphatic heterocycles. The van der Waals surface area contributed by atoms with E-state index in [0.717, 1.165) is 19.4 Å². The summed E-state index contributed by atoms with van der Waals surface area (Å²) < 4.78 is 0. The zero-order valence-electron chi connectivity index (χ0n) is 11.5. The van der Waals surface area contributed by atoms with Crippen molar-refractivity contribution >= 4 is 11.9 Å². The van der Waals surface area contributed by atoms with Crippen molar-refractivity contribution in [1.82, 2.24) is 10.6 Å². The maximum atomic E-state index is 12.3. The Bertz CT molecular complexity index is 309. The number of hydrogen-bond acceptors (Lipinski definition) is 3. The van der Waals surface area contributed by atoms with Gasteiger partial charge in [-0.3, -0.25) is 4.79 Å². The van der Waals surface area contributed by atoms with Crippen molar-refractivity contribution < 1.29 is 14.7 Å². The lowest BCUT2D eigenvalue weighted by Crippen LogP contribution is -2.57. The van der Waals surface area contributed by atoms with E-state index in [-0.39, 0.29) is 11.8 Å². The van der Waals surface area contributed by atoms with Gasteiger partial charge in [-0.1, -0.05) is 20.8 Å². The minimum Gasteiger partial charge on any atom is -0.480 e. The maximum absolute atomic E-state index is 12.3. The molecule has 1 heterocycles. The molecule has 3 N–H and O–H groups in total. The summed E-state index contributed by atoms with van der Waals surface area (Å²) in [7, 11) is 0. The lowest BCUT2D eigenvalue weighted by atomic mass is 9.92. The summed E-state index contributed by atoms with van der Waals surface area (Å²) >= 11 is 0. The fourth-order valence-corrected chi connectivity index (χ4v) is 2.45. The highest BCUT2D eigenvalue weighted by atomic mass is 16.4. The summed E-state index contributed by atoms with van der Waals surface area (Å²) in [6.07, 6.45) is 2.89. The van der Waals surface area contributed by atoms with Gasteiger partial charge >= 0.3 is 5.97 Å². The normalized spacial score (nSPS) is 25.1. The standard InChI is InChI=1S/C13H24N2O3/c1-4-13(6-5-7-14-13)12(18)15-10(11(16)17)8-9(2)3/h9-10,14H,4-8H2,1-3H3,(H,15,18)(H,16,17)/t10-,13?/m0/s1. The van der Waals surface area contributed by atoms with Gasteiger partial charge in [0.15, 0.2) is 0 Å². The van der Waals surface area contributed by atoms with Gasteiger partial charge in [-0.15, -0.1) is 0 Å². The van der Waals surface area contributed by atoms with Crippen LogP contribution in [0.4, 0.5) is 0 Å². The molecule has 2 atom stereocenters. The topological polar surface area (TPSA) is 78.4 Å². The lowest BCUT2D eigenvalue weighted by molar-refractivity contribution is -0.143. The largest absolute Gasteiger partial charge is 0.480 e. The Kier molecular flexibility index (Phi) is 5.14. The second-order valence-electron chi connectivity index (χ2n) is 5.46. The van der Waals surface area contributed by atoms with E-state index in [2.05, 4.69) is 10.6 Å². The van der Waals surface area contributed by atoms with Crippen LogP contribution in [0.5, 0.6) is 0 Å². The first kappa shape index (κ1) is 15.0. The van der Waals surface area contributed by atoms with Crippen LogP contribution in [0, 0.1) is 5.92 Å². The van der Waals surface area contributed by atoms with Crippen molar-refractivity contribution in [1.29, 1.82) is 0 Å². The number of carboxylic acid groups (broad SMARTS) is 1. The Morgan fingerprint density at radius 1 is 1.44 bits per heavy atom. The summed E-state index contributed by atoms with van der Waals surface area (Å²) in [5.41, 5.74) is -0.565. The molecule has 1 aliphatic rings. The molecular weight excluding hydrogens is 232 g/mol. The van der Waals surface area contributed by atoms with Gasteiger partial charge in [-0.25, -0.2) is 4.79 Å². The minimum atomic E-state index is -0.957. The van der Waals surface area contributed by atoms with E-state index in [0.29, 0.717) is 12.8 Å². The molecule has 1 rings (SSSR count). The maximum Gasteiger partial charge on any atom is 0.326 e. The number of hydrogen-bond donors (Lipinski definition) is 3. The van der Waals surface area contributed by atoms with Gasteiger partial charge in [0.1, 0.15) is 6.04 Å². The Hall–Kier alpha value is -1.10. The molecule has 0 bridgehead atoms. The lowest BCUT2D eigenvalue weighted by Gasteiger charge is -2.29. The number of carbonyl (C=O) groups excluding carboxylic acids is 1. The number of carboxylic acids is 1. The molecule has 1 fully saturated rings. The predicted octanol–water partition coefficient (Wildman–Crippen LogP) is 1.13. The second kappa shape index (κ2) is 6.18. The van der Waals surface area contributed by atoms with E-state index in [9.17, 15) is 9.59 Å². The predicted molar refractivity (Wildman–Crippen MR) is 69.3 cm³/mol. The quantitative estimate of drug-likeness (QED) is 0.666. The smallest absolute Gasteiger partial charge is 0.326 e. The van der Waals surface area contributed by atoms with Crippen LogP contribution >= 0.6 is 0 Å². The first-order valence-electron chi connectivity index (χ1n) is 6.70. The molecule has 1 amide bonds. The van der Waals surface area contributed by atoms with E-state index in [1.54, 1.807) is 0 Å². The van der Waals surface area contributed by atoms with Crippen molar-refractivity contribution in [3.8, 4) is 0 Å². The molecule has 0 spiro atoms. The van der Waals surface area contributed by atoms with Crippen LogP contribution in [0.2, 0.25) is 0 Å². The first-order chi connectivity index (χ1) is 8.41. The van der Waals surface area contributed by atoms with Gasteiger partial charge in [0.05, 0.1) is 5.54 Å². The first-order valence-corrected chi connectivity index (χ1v) is 6.70. The number of amides is 1. The molecule has 0 aromatic rings. The van der Waals surface area contributed by atoms with Crippen molar-refractivity contribution in [2.45, 2.75) is 58.0 Å². The summed E-state index contributed by atoms with van der Waals surface area (Å²) in [6, 6.07) is -0.789. The minimum absolute atomic E-state index is 0.171. The zero-order valence-corrected chi connectivity index (χ0v) is 11.5. The number of nitrogens with one attached hydrogen (secondary N) is 2. The van der Waals surface area contributed by atoms with E-state index in [4.69, 9.17) is 5.11 Å². The summed E-state index contributed by atoms with van der Waals surface area (Å²) in [5.74, 6) is -0.891. The van der Waals surface area contributed by atoms with Crippen LogP contribution in [0.25, 0.3) is 0 Å². The number of carbonyl (C=O) groups is 2. The van der Waals surface area contributed by atoms with E-state index in [1.165, 1.54) is 0 Å². The van der Waals surface area contributed by atoms with Crippen LogP contribution in [0.15, 0.2) is 0 Å². The molecule has 0 radical (unpaired) electrons. The molecule has 104 valence electrons. The van der Waals surface area contributed by atoms with Crippen LogP contribution in [-0.4, -0.2) is 35.1 Å². The fourth-order valence-electron chi connectivity index (χ4n) is 2.45. The van der Waals surface area contributed by atoms with Crippen molar-refractivity contribution in [3.05, 3.63) is 0 Å². The fraction of sp³-hybridized carbons (Fsp3) is 0.846. The van der Waals surface area contributed by atoms with Crippen LogP contribution in [0.3, 0.4) is 0 Å². The monoisotopic (exact) mass is 256 g/mol. The Labute approximate surface area is 108 Å². The van der Waals surface area contributed by atoms with Crippen molar-refractivity contribution in [2.24, 2.45) is 5.92 Å². The van der Waals surface area contributed by atoms with Gasteiger partial charge in [-0.05, 0) is 38.1 Å². The van der Waals surface area contributed by atoms with Gasteiger partial charge < -0.3 is 15.7 Å². The van der Waals surface area contributed by atoms with Crippen LogP contribution in [-0.2, 0) is 9.59 Å². The second-order valence-corrected chi connectivity index (χ2v) is 5.46. The third kappa shape index (κ3) is 3.45. The number of rotatable bonds is 6. The third-order valence-corrected chi connectivity index (χ3v) is 3.59. The van der Waals surface area contributed by atoms with E-state index in [1.807, 2.05) is 20.8 Å². The molecular formula is C13H24N2O3. The Morgan fingerprint density at radius 2 is 2.11 bits per heavy atom. The summed E-state index contributed by atoms with van der Waals surface area (Å²) in [4.78, 5) is 23.4. The Morgan fingerprint density at radius 3 is 2.50 bits per heavy atom. The zero-order chi connectivity index (χ0) is 13.8. The van der Waals surface area contributed by atoms with Crippen LogP contribution < -0.4 is 10.6 Å². The van der Waals surface area contributed by atoms with Gasteiger partial charge in [0, 0.05) is 0 Å². The molecule has 18 heavy (non-hydrogen) atoms. The molecule has 0 aromatic carbocycles. The summed E-state index contributed by atoms with van der Waals surface area (Å²) in [6.45, 7) is 6.68. The van der Waals surface area contributed by atoms with Crippen molar-refractivity contribution in [2.75, 3.05) is 6.54 Å². The highest BCUT2D eigenvalue weighted by Crippen LogP contribution is 2.23. The van der Waals surface area contributed by atoms with Crippen LogP contribution in [0.1, 0.15) is 46.5 Å². The van der Waals surface area contributed by atoms with Gasteiger partial charge in [-0.2, -0.15) is 0 Å². The summed E-state index contributed by atoms with van der Waals surface area (Å²) in [5, 5.41) is 15.0. The van der Waals surface area contributed by atoms with E-state index >= 15 is 0 Å². The molecule has 5 heteroatoms. The molecule has 0 saturated carbocycles. The SMILES string of the molecule is CCC1(C(=O)N[C@@H](CC(C)C)C(=O)O)CCCN1. The molecule has 0 aromatic heterocycles. The Balaban J connectivity index is 2.68. The number of aliphatic carboxylic acids is 1. The third-order valence-electron chi connectivity index (χ3n) is 3.59. The average Bonchev–Trinajstić information content (AvgIpc) is 2.77. The molecule has 1 saturated heterocycles. The molecule has 5 nitrogen and oxygen atoms in total. The molecule has 0 aliphatic carbocycles. The van der Waals surface area contributed by atoms with Gasteiger partial charge in [0.2, 0.25) is 5.91 Å². The average molecular weight is 256 g/mol. The van der Waals surface area contributed by atoms with Gasteiger partial charge in [0.25, 0.3) is 0 Å². The highest BCUT2D eigenvalue weighted by molar-refractivity contribution is 5.90. The highest BCUT2D eigenvalue weighted by Gasteiger charge is 2.40.